The van der Waals surface area contributed by atoms with Gasteiger partial charge in [0.25, 0.3) is 5.91 Å². The number of ether oxygens (including phenoxy) is 1. The predicted molar refractivity (Wildman–Crippen MR) is 81.8 cm³/mol. The number of carbonyl (C=O) groups excluding carboxylic acids is 1. The van der Waals surface area contributed by atoms with E-state index in [1.54, 1.807) is 30.3 Å². The molecule has 0 aliphatic rings. The number of benzene rings is 2. The lowest BCUT2D eigenvalue weighted by molar-refractivity contribution is 0.102. The lowest BCUT2D eigenvalue weighted by Gasteiger charge is -2.10. The highest BCUT2D eigenvalue weighted by molar-refractivity contribution is 6.42. The Bertz CT molecular complexity index is 660. The summed E-state index contributed by atoms with van der Waals surface area (Å²) in [5.74, 6) is 0.271. The van der Waals surface area contributed by atoms with Crippen molar-refractivity contribution < 1.29 is 9.53 Å². The molecule has 3 N–H and O–H groups in total. The highest BCUT2D eigenvalue weighted by Crippen LogP contribution is 2.26. The summed E-state index contributed by atoms with van der Waals surface area (Å²) >= 11 is 11.7. The van der Waals surface area contributed by atoms with E-state index >= 15 is 0 Å². The Morgan fingerprint density at radius 3 is 2.55 bits per heavy atom. The molecule has 0 saturated heterocycles. The number of halogens is 2. The lowest BCUT2D eigenvalue weighted by Crippen LogP contribution is -2.13. The van der Waals surface area contributed by atoms with Crippen LogP contribution in [0.25, 0.3) is 0 Å². The average molecular weight is 311 g/mol. The third-order valence-electron chi connectivity index (χ3n) is 2.69. The van der Waals surface area contributed by atoms with E-state index in [2.05, 4.69) is 5.32 Å². The first-order valence-electron chi connectivity index (χ1n) is 5.71. The number of nitrogens with one attached hydrogen (secondary N) is 1. The Hall–Kier alpha value is -1.91. The van der Waals surface area contributed by atoms with Crippen molar-refractivity contribution in [1.82, 2.24) is 0 Å². The maximum atomic E-state index is 12.1. The summed E-state index contributed by atoms with van der Waals surface area (Å²) in [7, 11) is 1.54. The fourth-order valence-electron chi connectivity index (χ4n) is 1.60. The molecule has 0 saturated carbocycles. The van der Waals surface area contributed by atoms with Gasteiger partial charge in [0.15, 0.2) is 0 Å². The monoisotopic (exact) mass is 310 g/mol. The van der Waals surface area contributed by atoms with Crippen LogP contribution >= 0.6 is 23.2 Å². The van der Waals surface area contributed by atoms with Crippen LogP contribution in [0.5, 0.6) is 5.75 Å². The number of amides is 1. The van der Waals surface area contributed by atoms with E-state index < -0.39 is 0 Å². The Morgan fingerprint density at radius 1 is 1.15 bits per heavy atom. The second-order valence-corrected chi connectivity index (χ2v) is 4.85. The average Bonchev–Trinajstić information content (AvgIpc) is 2.44. The minimum absolute atomic E-state index is 0.318. The molecule has 2 aromatic carbocycles. The molecule has 20 heavy (non-hydrogen) atoms. The molecule has 0 aromatic heterocycles. The van der Waals surface area contributed by atoms with E-state index in [4.69, 9.17) is 33.7 Å². The Labute approximate surface area is 126 Å². The smallest absolute Gasteiger partial charge is 0.255 e. The first kappa shape index (κ1) is 14.5. The van der Waals surface area contributed by atoms with E-state index in [9.17, 15) is 4.79 Å². The van der Waals surface area contributed by atoms with Gasteiger partial charge in [-0.2, -0.15) is 0 Å². The molecule has 104 valence electrons. The van der Waals surface area contributed by atoms with Crippen molar-refractivity contribution in [2.24, 2.45) is 0 Å². The molecule has 0 bridgehead atoms. The molecular weight excluding hydrogens is 299 g/mol. The van der Waals surface area contributed by atoms with Crippen molar-refractivity contribution >= 4 is 40.5 Å². The summed E-state index contributed by atoms with van der Waals surface area (Å²) in [5.41, 5.74) is 7.11. The van der Waals surface area contributed by atoms with E-state index in [0.717, 1.165) is 0 Å². The Balaban J connectivity index is 2.25. The third kappa shape index (κ3) is 3.15. The van der Waals surface area contributed by atoms with Gasteiger partial charge >= 0.3 is 0 Å². The van der Waals surface area contributed by atoms with Crippen molar-refractivity contribution in [2.45, 2.75) is 0 Å². The number of hydrogen-bond acceptors (Lipinski definition) is 3. The van der Waals surface area contributed by atoms with Crippen LogP contribution in [-0.2, 0) is 0 Å². The van der Waals surface area contributed by atoms with Crippen LogP contribution in [0, 0.1) is 0 Å². The fraction of sp³-hybridized carbons (Fsp3) is 0.0714. The molecule has 0 fully saturated rings. The van der Waals surface area contributed by atoms with Gasteiger partial charge in [-0.1, -0.05) is 23.2 Å². The minimum Gasteiger partial charge on any atom is -0.497 e. The maximum absolute atomic E-state index is 12.1. The lowest BCUT2D eigenvalue weighted by atomic mass is 10.2. The van der Waals surface area contributed by atoms with E-state index in [1.165, 1.54) is 13.2 Å². The van der Waals surface area contributed by atoms with Gasteiger partial charge in [0.2, 0.25) is 0 Å². The molecule has 0 heterocycles. The van der Waals surface area contributed by atoms with Crippen LogP contribution in [0.2, 0.25) is 10.0 Å². The van der Waals surface area contributed by atoms with Crippen molar-refractivity contribution in [3.8, 4) is 5.75 Å². The molecular formula is C14H12Cl2N2O2. The van der Waals surface area contributed by atoms with Gasteiger partial charge in [-0.15, -0.1) is 0 Å². The molecule has 4 nitrogen and oxygen atoms in total. The fourth-order valence-corrected chi connectivity index (χ4v) is 1.90. The van der Waals surface area contributed by atoms with Crippen molar-refractivity contribution in [3.05, 3.63) is 52.0 Å². The summed E-state index contributed by atoms with van der Waals surface area (Å²) in [4.78, 5) is 12.1. The molecule has 0 atom stereocenters. The molecule has 2 aromatic rings. The van der Waals surface area contributed by atoms with Crippen LogP contribution < -0.4 is 15.8 Å². The standard InChI is InChI=1S/C14H12Cl2N2O2/c1-20-9-3-5-12(17)13(7-9)18-14(19)8-2-4-10(15)11(16)6-8/h2-7H,17H2,1H3,(H,18,19). The van der Waals surface area contributed by atoms with Crippen LogP contribution in [0.4, 0.5) is 11.4 Å². The molecule has 2 rings (SSSR count). The van der Waals surface area contributed by atoms with Crippen molar-refractivity contribution in [3.63, 3.8) is 0 Å². The molecule has 0 aliphatic heterocycles. The minimum atomic E-state index is -0.330. The summed E-state index contributed by atoms with van der Waals surface area (Å²) in [6, 6.07) is 9.65. The third-order valence-corrected chi connectivity index (χ3v) is 3.43. The quantitative estimate of drug-likeness (QED) is 0.847. The molecule has 0 unspecified atom stereocenters. The molecule has 0 aliphatic carbocycles. The van der Waals surface area contributed by atoms with Crippen molar-refractivity contribution in [2.75, 3.05) is 18.2 Å². The molecule has 1 amide bonds. The Morgan fingerprint density at radius 2 is 1.90 bits per heavy atom. The number of nitrogens with two attached hydrogens (primary N) is 1. The second-order valence-electron chi connectivity index (χ2n) is 4.04. The van der Waals surface area contributed by atoms with Crippen LogP contribution in [0.15, 0.2) is 36.4 Å². The zero-order valence-corrected chi connectivity index (χ0v) is 12.1. The summed E-state index contributed by atoms with van der Waals surface area (Å²) < 4.78 is 5.09. The first-order valence-corrected chi connectivity index (χ1v) is 6.47. The first-order chi connectivity index (χ1) is 9.51. The predicted octanol–water partition coefficient (Wildman–Crippen LogP) is 3.84. The second kappa shape index (κ2) is 6.03. The number of methoxy groups -OCH3 is 1. The zero-order valence-electron chi connectivity index (χ0n) is 10.6. The van der Waals surface area contributed by atoms with Gasteiger partial charge in [0.1, 0.15) is 5.75 Å². The largest absolute Gasteiger partial charge is 0.497 e. The number of nitrogen functional groups attached to an aromatic ring is 1. The van der Waals surface area contributed by atoms with Crippen LogP contribution in [-0.4, -0.2) is 13.0 Å². The summed E-state index contributed by atoms with van der Waals surface area (Å²) in [6.07, 6.45) is 0. The maximum Gasteiger partial charge on any atom is 0.255 e. The van der Waals surface area contributed by atoms with Crippen LogP contribution in [0.1, 0.15) is 10.4 Å². The molecule has 0 radical (unpaired) electrons. The topological polar surface area (TPSA) is 64.3 Å². The van der Waals surface area contributed by atoms with Crippen LogP contribution in [0.3, 0.4) is 0 Å². The van der Waals surface area contributed by atoms with Gasteiger partial charge in [0, 0.05) is 11.6 Å². The number of rotatable bonds is 3. The Kier molecular flexibility index (Phi) is 4.37. The zero-order chi connectivity index (χ0) is 14.7. The normalized spacial score (nSPS) is 10.2. The van der Waals surface area contributed by atoms with Gasteiger partial charge in [0.05, 0.1) is 28.5 Å². The number of anilines is 2. The number of hydrogen-bond donors (Lipinski definition) is 2. The van der Waals surface area contributed by atoms with E-state index in [1.807, 2.05) is 0 Å². The van der Waals surface area contributed by atoms with Gasteiger partial charge in [-0.05, 0) is 30.3 Å². The molecule has 0 spiro atoms. The van der Waals surface area contributed by atoms with Gasteiger partial charge in [-0.25, -0.2) is 0 Å². The summed E-state index contributed by atoms with van der Waals surface area (Å²) in [6.45, 7) is 0. The van der Waals surface area contributed by atoms with Gasteiger partial charge in [-0.3, -0.25) is 4.79 Å². The SMILES string of the molecule is COc1ccc(N)c(NC(=O)c2ccc(Cl)c(Cl)c2)c1. The molecule has 6 heteroatoms. The summed E-state index contributed by atoms with van der Waals surface area (Å²) in [5, 5.41) is 3.41. The highest BCUT2D eigenvalue weighted by atomic mass is 35.5. The van der Waals surface area contributed by atoms with E-state index in [-0.39, 0.29) is 5.91 Å². The highest BCUT2D eigenvalue weighted by Gasteiger charge is 2.10. The number of carbonyl (C=O) groups is 1. The van der Waals surface area contributed by atoms with Crippen molar-refractivity contribution in [1.29, 1.82) is 0 Å². The van der Waals surface area contributed by atoms with Gasteiger partial charge < -0.3 is 15.8 Å². The van der Waals surface area contributed by atoms with E-state index in [0.29, 0.717) is 32.7 Å².